The molecule has 1 saturated carbocycles. The summed E-state index contributed by atoms with van der Waals surface area (Å²) in [5.74, 6) is 1.51. The van der Waals surface area contributed by atoms with Crippen LogP contribution in [0, 0.1) is 11.8 Å². The van der Waals surface area contributed by atoms with Crippen LogP contribution in [0.5, 0.6) is 0 Å². The zero-order chi connectivity index (χ0) is 14.1. The maximum Gasteiger partial charge on any atom is 0.0701 e. The summed E-state index contributed by atoms with van der Waals surface area (Å²) in [7, 11) is 0. The Bertz CT molecular complexity index is 225. The van der Waals surface area contributed by atoms with Gasteiger partial charge in [0.1, 0.15) is 0 Å². The topological polar surface area (TPSA) is 30.5 Å². The summed E-state index contributed by atoms with van der Waals surface area (Å²) >= 11 is 0. The third-order valence-electron chi connectivity index (χ3n) is 4.06. The SMILES string of the molecule is CC(C)CCCOCCOCCNC1(C(C)C)CC1. The number of hydrogen-bond acceptors (Lipinski definition) is 3. The first-order valence-electron chi connectivity index (χ1n) is 7.97. The molecule has 0 spiro atoms. The van der Waals surface area contributed by atoms with E-state index < -0.39 is 0 Å². The highest BCUT2D eigenvalue weighted by atomic mass is 16.5. The lowest BCUT2D eigenvalue weighted by atomic mass is 10.0. The molecule has 1 rings (SSSR count). The number of hydrogen-bond donors (Lipinski definition) is 1. The zero-order valence-electron chi connectivity index (χ0n) is 13.3. The summed E-state index contributed by atoms with van der Waals surface area (Å²) in [4.78, 5) is 0. The molecular formula is C16H33NO2. The molecule has 0 saturated heterocycles. The van der Waals surface area contributed by atoms with Gasteiger partial charge in [0.15, 0.2) is 0 Å². The molecule has 0 radical (unpaired) electrons. The second kappa shape index (κ2) is 8.93. The van der Waals surface area contributed by atoms with Crippen molar-refractivity contribution in [3.05, 3.63) is 0 Å². The van der Waals surface area contributed by atoms with Gasteiger partial charge in [-0.3, -0.25) is 0 Å². The van der Waals surface area contributed by atoms with Gasteiger partial charge in [0.05, 0.1) is 19.8 Å². The van der Waals surface area contributed by atoms with E-state index in [1.165, 1.54) is 19.3 Å². The summed E-state index contributed by atoms with van der Waals surface area (Å²) < 4.78 is 11.1. The number of ether oxygens (including phenoxy) is 2. The van der Waals surface area contributed by atoms with Crippen LogP contribution >= 0.6 is 0 Å². The quantitative estimate of drug-likeness (QED) is 0.553. The highest BCUT2D eigenvalue weighted by Crippen LogP contribution is 2.41. The minimum Gasteiger partial charge on any atom is -0.379 e. The standard InChI is InChI=1S/C16H33NO2/c1-14(2)6-5-10-18-12-13-19-11-9-17-16(7-8-16)15(3)4/h14-15,17H,5-13H2,1-4H3. The van der Waals surface area contributed by atoms with Crippen molar-refractivity contribution in [2.75, 3.05) is 33.0 Å². The molecule has 1 fully saturated rings. The lowest BCUT2D eigenvalue weighted by Crippen LogP contribution is -2.38. The number of rotatable bonds is 12. The van der Waals surface area contributed by atoms with E-state index in [2.05, 4.69) is 33.0 Å². The Morgan fingerprint density at radius 1 is 0.947 bits per heavy atom. The molecule has 0 aromatic carbocycles. The van der Waals surface area contributed by atoms with E-state index >= 15 is 0 Å². The van der Waals surface area contributed by atoms with E-state index in [1.807, 2.05) is 0 Å². The monoisotopic (exact) mass is 271 g/mol. The third kappa shape index (κ3) is 7.28. The van der Waals surface area contributed by atoms with Gasteiger partial charge in [0, 0.05) is 18.7 Å². The van der Waals surface area contributed by atoms with E-state index in [4.69, 9.17) is 9.47 Å². The van der Waals surface area contributed by atoms with E-state index in [9.17, 15) is 0 Å². The fourth-order valence-electron chi connectivity index (χ4n) is 2.38. The molecule has 3 heteroatoms. The van der Waals surface area contributed by atoms with Gasteiger partial charge < -0.3 is 14.8 Å². The Morgan fingerprint density at radius 2 is 1.58 bits per heavy atom. The van der Waals surface area contributed by atoms with Crippen molar-refractivity contribution in [3.63, 3.8) is 0 Å². The fraction of sp³-hybridized carbons (Fsp3) is 1.00. The second-order valence-electron chi connectivity index (χ2n) is 6.50. The fourth-order valence-corrected chi connectivity index (χ4v) is 2.38. The van der Waals surface area contributed by atoms with Crippen LogP contribution < -0.4 is 5.32 Å². The van der Waals surface area contributed by atoms with Crippen LogP contribution in [0.2, 0.25) is 0 Å². The zero-order valence-corrected chi connectivity index (χ0v) is 13.3. The summed E-state index contributed by atoms with van der Waals surface area (Å²) in [5, 5.41) is 3.63. The van der Waals surface area contributed by atoms with Gasteiger partial charge in [-0.15, -0.1) is 0 Å². The van der Waals surface area contributed by atoms with Crippen LogP contribution in [0.15, 0.2) is 0 Å². The van der Waals surface area contributed by atoms with Gasteiger partial charge in [0.25, 0.3) is 0 Å². The molecule has 1 aliphatic rings. The smallest absolute Gasteiger partial charge is 0.0701 e. The van der Waals surface area contributed by atoms with Crippen molar-refractivity contribution in [3.8, 4) is 0 Å². The van der Waals surface area contributed by atoms with Crippen LogP contribution in [-0.2, 0) is 9.47 Å². The Kier molecular flexibility index (Phi) is 7.96. The summed E-state index contributed by atoms with van der Waals surface area (Å²) in [6.45, 7) is 13.2. The van der Waals surface area contributed by atoms with Crippen LogP contribution in [0.3, 0.4) is 0 Å². The van der Waals surface area contributed by atoms with Crippen molar-refractivity contribution in [1.29, 1.82) is 0 Å². The van der Waals surface area contributed by atoms with Gasteiger partial charge in [-0.2, -0.15) is 0 Å². The lowest BCUT2D eigenvalue weighted by molar-refractivity contribution is 0.0454. The van der Waals surface area contributed by atoms with Gasteiger partial charge in [-0.25, -0.2) is 0 Å². The molecule has 0 amide bonds. The molecule has 0 bridgehead atoms. The molecule has 1 aliphatic carbocycles. The van der Waals surface area contributed by atoms with Gasteiger partial charge in [-0.05, 0) is 37.5 Å². The normalized spacial score (nSPS) is 17.4. The Balaban J connectivity index is 1.79. The van der Waals surface area contributed by atoms with Gasteiger partial charge in [0.2, 0.25) is 0 Å². The van der Waals surface area contributed by atoms with E-state index in [0.717, 1.165) is 51.2 Å². The summed E-state index contributed by atoms with van der Waals surface area (Å²) in [6, 6.07) is 0. The maximum atomic E-state index is 5.58. The predicted octanol–water partition coefficient (Wildman–Crippen LogP) is 3.23. The molecule has 0 atom stereocenters. The van der Waals surface area contributed by atoms with Crippen LogP contribution in [0.1, 0.15) is 53.4 Å². The molecule has 3 nitrogen and oxygen atoms in total. The van der Waals surface area contributed by atoms with Gasteiger partial charge in [-0.1, -0.05) is 27.7 Å². The van der Waals surface area contributed by atoms with Crippen LogP contribution in [0.4, 0.5) is 0 Å². The summed E-state index contributed by atoms with van der Waals surface area (Å²) in [6.07, 6.45) is 5.06. The third-order valence-corrected chi connectivity index (χ3v) is 4.06. The first kappa shape index (κ1) is 16.9. The minimum absolute atomic E-state index is 0.427. The Hall–Kier alpha value is -0.120. The molecular weight excluding hydrogens is 238 g/mol. The lowest BCUT2D eigenvalue weighted by Gasteiger charge is -2.21. The van der Waals surface area contributed by atoms with E-state index in [1.54, 1.807) is 0 Å². The molecule has 0 heterocycles. The largest absolute Gasteiger partial charge is 0.379 e. The highest BCUT2D eigenvalue weighted by Gasteiger charge is 2.44. The van der Waals surface area contributed by atoms with E-state index in [-0.39, 0.29) is 0 Å². The van der Waals surface area contributed by atoms with Crippen LogP contribution in [0.25, 0.3) is 0 Å². The minimum atomic E-state index is 0.427. The average molecular weight is 271 g/mol. The Labute approximate surface area is 119 Å². The maximum absolute atomic E-state index is 5.58. The van der Waals surface area contributed by atoms with Gasteiger partial charge >= 0.3 is 0 Å². The Morgan fingerprint density at radius 3 is 2.11 bits per heavy atom. The van der Waals surface area contributed by atoms with Crippen molar-refractivity contribution in [2.45, 2.75) is 58.9 Å². The van der Waals surface area contributed by atoms with Crippen molar-refractivity contribution < 1.29 is 9.47 Å². The molecule has 114 valence electrons. The highest BCUT2D eigenvalue weighted by molar-refractivity contribution is 5.03. The molecule has 0 aromatic heterocycles. The number of nitrogens with one attached hydrogen (secondary N) is 1. The van der Waals surface area contributed by atoms with Crippen molar-refractivity contribution in [1.82, 2.24) is 5.32 Å². The first-order valence-corrected chi connectivity index (χ1v) is 7.97. The predicted molar refractivity (Wildman–Crippen MR) is 80.5 cm³/mol. The second-order valence-corrected chi connectivity index (χ2v) is 6.50. The molecule has 0 aliphatic heterocycles. The van der Waals surface area contributed by atoms with E-state index in [0.29, 0.717) is 5.54 Å². The molecule has 0 aromatic rings. The summed E-state index contributed by atoms with van der Waals surface area (Å²) in [5.41, 5.74) is 0.427. The van der Waals surface area contributed by atoms with Crippen molar-refractivity contribution in [2.24, 2.45) is 11.8 Å². The first-order chi connectivity index (χ1) is 9.07. The molecule has 19 heavy (non-hydrogen) atoms. The molecule has 0 unspecified atom stereocenters. The molecule has 1 N–H and O–H groups in total. The van der Waals surface area contributed by atoms with Crippen LogP contribution in [-0.4, -0.2) is 38.5 Å². The average Bonchev–Trinajstić information content (AvgIpc) is 3.12. The van der Waals surface area contributed by atoms with Crippen molar-refractivity contribution >= 4 is 0 Å².